The Morgan fingerprint density at radius 3 is 2.20 bits per heavy atom. The molecule has 0 fully saturated rings. The second-order valence-electron chi connectivity index (χ2n) is 7.43. The van der Waals surface area contributed by atoms with Crippen LogP contribution in [0.3, 0.4) is 0 Å². The molecule has 30 heavy (non-hydrogen) atoms. The van der Waals surface area contributed by atoms with Crippen molar-refractivity contribution in [3.8, 4) is 11.5 Å². The van der Waals surface area contributed by atoms with E-state index < -0.39 is 15.9 Å². The molecule has 2 aromatic rings. The topological polar surface area (TPSA) is 84.9 Å². The van der Waals surface area contributed by atoms with E-state index in [1.807, 2.05) is 19.9 Å². The zero-order valence-corrected chi connectivity index (χ0v) is 18.9. The third-order valence-corrected chi connectivity index (χ3v) is 7.59. The van der Waals surface area contributed by atoms with Crippen LogP contribution < -0.4 is 14.8 Å². The molecule has 0 unspecified atom stereocenters. The van der Waals surface area contributed by atoms with Gasteiger partial charge in [-0.3, -0.25) is 4.79 Å². The summed E-state index contributed by atoms with van der Waals surface area (Å²) in [5, 5.41) is 2.75. The minimum absolute atomic E-state index is 0.183. The predicted octanol–water partition coefficient (Wildman–Crippen LogP) is 3.34. The first-order valence-electron chi connectivity index (χ1n) is 9.92. The van der Waals surface area contributed by atoms with Gasteiger partial charge in [0.2, 0.25) is 15.9 Å². The van der Waals surface area contributed by atoms with Crippen molar-refractivity contribution in [2.75, 3.05) is 31.6 Å². The molecule has 2 aromatic carbocycles. The number of amides is 1. The maximum absolute atomic E-state index is 13.4. The lowest BCUT2D eigenvalue weighted by molar-refractivity contribution is -0.116. The number of nitrogens with zero attached hydrogens (tertiary/aromatic N) is 1. The van der Waals surface area contributed by atoms with Gasteiger partial charge in [-0.1, -0.05) is 13.0 Å². The van der Waals surface area contributed by atoms with Crippen molar-refractivity contribution >= 4 is 21.6 Å². The number of hydrogen-bond donors (Lipinski definition) is 1. The van der Waals surface area contributed by atoms with E-state index in [9.17, 15) is 13.2 Å². The second kappa shape index (κ2) is 8.65. The van der Waals surface area contributed by atoms with E-state index in [-0.39, 0.29) is 18.0 Å². The van der Waals surface area contributed by atoms with Crippen molar-refractivity contribution in [2.24, 2.45) is 0 Å². The van der Waals surface area contributed by atoms with Gasteiger partial charge in [-0.05, 0) is 62.1 Å². The highest BCUT2D eigenvalue weighted by molar-refractivity contribution is 7.89. The molecule has 0 bridgehead atoms. The number of fused-ring (bicyclic) bond motifs is 1. The highest BCUT2D eigenvalue weighted by Gasteiger charge is 2.29. The maximum atomic E-state index is 13.4. The molecular weight excluding hydrogens is 404 g/mol. The molecular formula is C22H28N2O5S. The largest absolute Gasteiger partial charge is 0.486 e. The van der Waals surface area contributed by atoms with E-state index in [1.54, 1.807) is 39.0 Å². The van der Waals surface area contributed by atoms with Crippen molar-refractivity contribution in [1.29, 1.82) is 0 Å². The smallest absolute Gasteiger partial charge is 0.244 e. The Balaban J connectivity index is 1.82. The van der Waals surface area contributed by atoms with Crippen molar-refractivity contribution < 1.29 is 22.7 Å². The van der Waals surface area contributed by atoms with Crippen molar-refractivity contribution in [3.05, 3.63) is 46.5 Å². The molecule has 1 amide bonds. The first-order chi connectivity index (χ1) is 14.1. The normalized spacial score (nSPS) is 13.4. The molecule has 0 atom stereocenters. The summed E-state index contributed by atoms with van der Waals surface area (Å²) >= 11 is 0. The van der Waals surface area contributed by atoms with Gasteiger partial charge in [0.15, 0.2) is 11.5 Å². The Morgan fingerprint density at radius 2 is 1.60 bits per heavy atom. The molecule has 0 saturated carbocycles. The SMILES string of the molecule is CCN(CC(=O)Nc1ccc2c(c1)OCCO2)S(=O)(=O)c1c(C)c(C)cc(C)c1C. The van der Waals surface area contributed by atoms with E-state index in [1.165, 1.54) is 4.31 Å². The summed E-state index contributed by atoms with van der Waals surface area (Å²) in [7, 11) is -3.83. The summed E-state index contributed by atoms with van der Waals surface area (Å²) in [6, 6.07) is 7.08. The molecule has 1 aliphatic heterocycles. The molecule has 1 aliphatic rings. The van der Waals surface area contributed by atoms with Gasteiger partial charge in [-0.15, -0.1) is 0 Å². The zero-order valence-electron chi connectivity index (χ0n) is 18.0. The molecule has 0 spiro atoms. The summed E-state index contributed by atoms with van der Waals surface area (Å²) in [6.45, 7) is 9.96. The van der Waals surface area contributed by atoms with Crippen LogP contribution in [-0.4, -0.2) is 44.9 Å². The highest BCUT2D eigenvalue weighted by atomic mass is 32.2. The lowest BCUT2D eigenvalue weighted by Gasteiger charge is -2.24. The van der Waals surface area contributed by atoms with Crippen LogP contribution in [-0.2, 0) is 14.8 Å². The number of ether oxygens (including phenoxy) is 2. The fraction of sp³-hybridized carbons (Fsp3) is 0.409. The minimum atomic E-state index is -3.83. The fourth-order valence-electron chi connectivity index (χ4n) is 3.55. The molecule has 0 aromatic heterocycles. The number of nitrogens with one attached hydrogen (secondary N) is 1. The number of sulfonamides is 1. The molecule has 0 saturated heterocycles. The van der Waals surface area contributed by atoms with Crippen LogP contribution in [0.4, 0.5) is 5.69 Å². The minimum Gasteiger partial charge on any atom is -0.486 e. The summed E-state index contributed by atoms with van der Waals surface area (Å²) < 4.78 is 39.0. The van der Waals surface area contributed by atoms with Gasteiger partial charge in [0.1, 0.15) is 13.2 Å². The summed E-state index contributed by atoms with van der Waals surface area (Å²) in [5.41, 5.74) is 3.77. The molecule has 1 heterocycles. The van der Waals surface area contributed by atoms with Gasteiger partial charge < -0.3 is 14.8 Å². The van der Waals surface area contributed by atoms with Crippen molar-refractivity contribution in [2.45, 2.75) is 39.5 Å². The van der Waals surface area contributed by atoms with E-state index in [0.717, 1.165) is 11.1 Å². The Hall–Kier alpha value is -2.58. The van der Waals surface area contributed by atoms with Gasteiger partial charge in [0, 0.05) is 18.3 Å². The lowest BCUT2D eigenvalue weighted by atomic mass is 10.0. The fourth-order valence-corrected chi connectivity index (χ4v) is 5.53. The van der Waals surface area contributed by atoms with Crippen LogP contribution in [0, 0.1) is 27.7 Å². The van der Waals surface area contributed by atoms with Gasteiger partial charge in [0.05, 0.1) is 11.4 Å². The summed E-state index contributed by atoms with van der Waals surface area (Å²) in [4.78, 5) is 12.9. The summed E-state index contributed by atoms with van der Waals surface area (Å²) in [5.74, 6) is 0.759. The first kappa shape index (κ1) is 22.1. The zero-order chi connectivity index (χ0) is 22.1. The van der Waals surface area contributed by atoms with Gasteiger partial charge in [-0.25, -0.2) is 8.42 Å². The monoisotopic (exact) mass is 432 g/mol. The van der Waals surface area contributed by atoms with Crippen LogP contribution in [0.1, 0.15) is 29.2 Å². The summed E-state index contributed by atoms with van der Waals surface area (Å²) in [6.07, 6.45) is 0. The van der Waals surface area contributed by atoms with E-state index in [0.29, 0.717) is 41.5 Å². The number of carbonyl (C=O) groups excluding carboxylic acids is 1. The van der Waals surface area contributed by atoms with Crippen molar-refractivity contribution in [1.82, 2.24) is 4.31 Å². The molecule has 0 radical (unpaired) electrons. The van der Waals surface area contributed by atoms with Crippen LogP contribution in [0.5, 0.6) is 11.5 Å². The number of rotatable bonds is 6. The van der Waals surface area contributed by atoms with Crippen molar-refractivity contribution in [3.63, 3.8) is 0 Å². The van der Waals surface area contributed by atoms with Gasteiger partial charge >= 0.3 is 0 Å². The second-order valence-corrected chi connectivity index (χ2v) is 9.30. The average molecular weight is 433 g/mol. The van der Waals surface area contributed by atoms with Crippen LogP contribution >= 0.6 is 0 Å². The molecule has 1 N–H and O–H groups in total. The standard InChI is InChI=1S/C22H28N2O5S/c1-6-24(30(26,27)22-16(4)14(2)11-15(3)17(22)5)13-21(25)23-18-7-8-19-20(12-18)29-10-9-28-19/h7-8,11-12H,6,9-10,13H2,1-5H3,(H,23,25). The Morgan fingerprint density at radius 1 is 1.00 bits per heavy atom. The Kier molecular flexibility index (Phi) is 6.38. The van der Waals surface area contributed by atoms with Gasteiger partial charge in [0.25, 0.3) is 0 Å². The van der Waals surface area contributed by atoms with Gasteiger partial charge in [-0.2, -0.15) is 4.31 Å². The molecule has 3 rings (SSSR count). The number of hydrogen-bond acceptors (Lipinski definition) is 5. The highest BCUT2D eigenvalue weighted by Crippen LogP contribution is 2.33. The molecule has 0 aliphatic carbocycles. The van der Waals surface area contributed by atoms with E-state index >= 15 is 0 Å². The first-order valence-corrected chi connectivity index (χ1v) is 11.4. The van der Waals surface area contributed by atoms with E-state index in [2.05, 4.69) is 5.32 Å². The number of likely N-dealkylation sites (N-methyl/N-ethyl adjacent to an activating group) is 1. The number of aryl methyl sites for hydroxylation is 2. The number of benzene rings is 2. The molecule has 7 nitrogen and oxygen atoms in total. The number of carbonyl (C=O) groups is 1. The Bertz CT molecular complexity index is 1050. The van der Waals surface area contributed by atoms with Crippen LogP contribution in [0.2, 0.25) is 0 Å². The maximum Gasteiger partial charge on any atom is 0.244 e. The Labute approximate surface area is 178 Å². The molecule has 8 heteroatoms. The van der Waals surface area contributed by atoms with Crippen LogP contribution in [0.25, 0.3) is 0 Å². The lowest BCUT2D eigenvalue weighted by Crippen LogP contribution is -2.38. The average Bonchev–Trinajstić information content (AvgIpc) is 2.70. The number of anilines is 1. The van der Waals surface area contributed by atoms with E-state index in [4.69, 9.17) is 9.47 Å². The quantitative estimate of drug-likeness (QED) is 0.757. The van der Waals surface area contributed by atoms with Crippen LogP contribution in [0.15, 0.2) is 29.2 Å². The third kappa shape index (κ3) is 4.29. The molecule has 162 valence electrons. The predicted molar refractivity (Wildman–Crippen MR) is 116 cm³/mol. The third-order valence-electron chi connectivity index (χ3n) is 5.39.